The molecule has 2 aliphatic rings. The Bertz CT molecular complexity index is 538. The Balaban J connectivity index is 1.56. The molecule has 0 spiro atoms. The molecule has 2 aliphatic heterocycles. The molecule has 1 saturated heterocycles. The van der Waals surface area contributed by atoms with Gasteiger partial charge in [-0.05, 0) is 51.4 Å². The molecule has 0 bridgehead atoms. The van der Waals surface area contributed by atoms with E-state index in [2.05, 4.69) is 43.0 Å². The van der Waals surface area contributed by atoms with Gasteiger partial charge in [0.15, 0.2) is 0 Å². The van der Waals surface area contributed by atoms with Crippen LogP contribution in [-0.4, -0.2) is 30.6 Å². The number of fused-ring (bicyclic) bond motifs is 1. The van der Waals surface area contributed by atoms with Crippen molar-refractivity contribution in [2.75, 3.05) is 19.6 Å². The summed E-state index contributed by atoms with van der Waals surface area (Å²) >= 11 is 0. The van der Waals surface area contributed by atoms with Crippen LogP contribution in [0, 0.1) is 23.7 Å². The van der Waals surface area contributed by atoms with Crippen LogP contribution in [0.3, 0.4) is 0 Å². The third kappa shape index (κ3) is 2.66. The van der Waals surface area contributed by atoms with Gasteiger partial charge in [-0.2, -0.15) is 5.26 Å². The third-order valence-corrected chi connectivity index (χ3v) is 4.65. The van der Waals surface area contributed by atoms with E-state index >= 15 is 0 Å². The predicted octanol–water partition coefficient (Wildman–Crippen LogP) is 2.92. The van der Waals surface area contributed by atoms with Crippen LogP contribution in [0.1, 0.15) is 30.9 Å². The van der Waals surface area contributed by atoms with E-state index in [1.54, 1.807) is 0 Å². The normalized spacial score (nSPS) is 24.8. The number of hydrogen-bond acceptors (Lipinski definition) is 3. The first-order valence-electron chi connectivity index (χ1n) is 7.48. The SMILES string of the molecule is Cc1ccc2c(c1)CC(CN1CCC(C)(C#N)CC1)O2. The molecule has 0 saturated carbocycles. The van der Waals surface area contributed by atoms with Crippen molar-refractivity contribution in [1.82, 2.24) is 4.90 Å². The zero-order valence-corrected chi connectivity index (χ0v) is 12.4. The fourth-order valence-electron chi connectivity index (χ4n) is 3.18. The molecular formula is C17H22N2O. The lowest BCUT2D eigenvalue weighted by Crippen LogP contribution is -2.42. The molecule has 0 aliphatic carbocycles. The number of piperidine rings is 1. The van der Waals surface area contributed by atoms with Gasteiger partial charge in [-0.25, -0.2) is 0 Å². The van der Waals surface area contributed by atoms with E-state index in [1.165, 1.54) is 11.1 Å². The molecule has 20 heavy (non-hydrogen) atoms. The van der Waals surface area contributed by atoms with Crippen LogP contribution in [0.4, 0.5) is 0 Å². The van der Waals surface area contributed by atoms with Crippen molar-refractivity contribution in [3.8, 4) is 11.8 Å². The largest absolute Gasteiger partial charge is 0.488 e. The fraction of sp³-hybridized carbons (Fsp3) is 0.588. The summed E-state index contributed by atoms with van der Waals surface area (Å²) in [5, 5.41) is 9.17. The maximum absolute atomic E-state index is 9.17. The van der Waals surface area contributed by atoms with Crippen LogP contribution in [0.2, 0.25) is 0 Å². The smallest absolute Gasteiger partial charge is 0.123 e. The van der Waals surface area contributed by atoms with E-state index < -0.39 is 0 Å². The summed E-state index contributed by atoms with van der Waals surface area (Å²) in [4.78, 5) is 2.45. The summed E-state index contributed by atoms with van der Waals surface area (Å²) in [7, 11) is 0. The molecule has 3 heteroatoms. The average Bonchev–Trinajstić information content (AvgIpc) is 2.83. The van der Waals surface area contributed by atoms with Crippen molar-refractivity contribution < 1.29 is 4.74 Å². The van der Waals surface area contributed by atoms with E-state index in [9.17, 15) is 5.26 Å². The van der Waals surface area contributed by atoms with Crippen LogP contribution in [0.25, 0.3) is 0 Å². The number of likely N-dealkylation sites (tertiary alicyclic amines) is 1. The van der Waals surface area contributed by atoms with Crippen molar-refractivity contribution in [2.24, 2.45) is 5.41 Å². The van der Waals surface area contributed by atoms with Gasteiger partial charge in [0.2, 0.25) is 0 Å². The quantitative estimate of drug-likeness (QED) is 0.829. The molecule has 2 heterocycles. The van der Waals surface area contributed by atoms with Gasteiger partial charge in [0.25, 0.3) is 0 Å². The second-order valence-corrected chi connectivity index (χ2v) is 6.53. The molecule has 3 rings (SSSR count). The zero-order valence-electron chi connectivity index (χ0n) is 12.4. The van der Waals surface area contributed by atoms with Crippen LogP contribution < -0.4 is 4.74 Å². The molecule has 3 nitrogen and oxygen atoms in total. The number of ether oxygens (including phenoxy) is 1. The second kappa shape index (κ2) is 5.10. The molecule has 1 atom stereocenters. The van der Waals surface area contributed by atoms with Gasteiger partial charge in [-0.1, -0.05) is 17.7 Å². The van der Waals surface area contributed by atoms with Crippen molar-refractivity contribution in [2.45, 2.75) is 39.2 Å². The number of benzene rings is 1. The zero-order chi connectivity index (χ0) is 14.2. The molecule has 0 radical (unpaired) electrons. The minimum absolute atomic E-state index is 0.118. The summed E-state index contributed by atoms with van der Waals surface area (Å²) < 4.78 is 6.04. The first kappa shape index (κ1) is 13.5. The molecule has 1 aromatic rings. The molecule has 1 aromatic carbocycles. The van der Waals surface area contributed by atoms with E-state index in [0.29, 0.717) is 0 Å². The molecule has 106 valence electrons. The van der Waals surface area contributed by atoms with Crippen LogP contribution >= 0.6 is 0 Å². The van der Waals surface area contributed by atoms with Crippen LogP contribution in [-0.2, 0) is 6.42 Å². The van der Waals surface area contributed by atoms with Gasteiger partial charge in [-0.3, -0.25) is 4.90 Å². The topological polar surface area (TPSA) is 36.3 Å². The van der Waals surface area contributed by atoms with Crippen molar-refractivity contribution in [3.63, 3.8) is 0 Å². The molecule has 0 N–H and O–H groups in total. The minimum Gasteiger partial charge on any atom is -0.488 e. The van der Waals surface area contributed by atoms with Gasteiger partial charge in [0.1, 0.15) is 11.9 Å². The second-order valence-electron chi connectivity index (χ2n) is 6.53. The maximum Gasteiger partial charge on any atom is 0.123 e. The highest BCUT2D eigenvalue weighted by molar-refractivity contribution is 5.40. The molecule has 0 aromatic heterocycles. The predicted molar refractivity (Wildman–Crippen MR) is 78.7 cm³/mol. The molecular weight excluding hydrogens is 248 g/mol. The third-order valence-electron chi connectivity index (χ3n) is 4.65. The van der Waals surface area contributed by atoms with E-state index in [-0.39, 0.29) is 11.5 Å². The summed E-state index contributed by atoms with van der Waals surface area (Å²) in [6.07, 6.45) is 3.24. The lowest BCUT2D eigenvalue weighted by molar-refractivity contribution is 0.103. The van der Waals surface area contributed by atoms with Crippen molar-refractivity contribution in [1.29, 1.82) is 5.26 Å². The highest BCUT2D eigenvalue weighted by Crippen LogP contribution is 2.32. The lowest BCUT2D eigenvalue weighted by atomic mass is 9.82. The van der Waals surface area contributed by atoms with Gasteiger partial charge in [0, 0.05) is 13.0 Å². The number of nitrogens with zero attached hydrogens (tertiary/aromatic N) is 2. The number of nitriles is 1. The summed E-state index contributed by atoms with van der Waals surface area (Å²) in [5.74, 6) is 1.06. The first-order valence-corrected chi connectivity index (χ1v) is 7.48. The van der Waals surface area contributed by atoms with E-state index in [0.717, 1.165) is 44.6 Å². The molecule has 1 fully saturated rings. The number of hydrogen-bond donors (Lipinski definition) is 0. The Hall–Kier alpha value is -1.53. The summed E-state index contributed by atoms with van der Waals surface area (Å²) in [6, 6.07) is 8.89. The summed E-state index contributed by atoms with van der Waals surface area (Å²) in [5.41, 5.74) is 2.53. The van der Waals surface area contributed by atoms with Crippen LogP contribution in [0.15, 0.2) is 18.2 Å². The van der Waals surface area contributed by atoms with Crippen LogP contribution in [0.5, 0.6) is 5.75 Å². The Labute approximate surface area is 121 Å². The molecule has 0 amide bonds. The monoisotopic (exact) mass is 270 g/mol. The van der Waals surface area contributed by atoms with Crippen molar-refractivity contribution in [3.05, 3.63) is 29.3 Å². The van der Waals surface area contributed by atoms with Crippen molar-refractivity contribution >= 4 is 0 Å². The fourth-order valence-corrected chi connectivity index (χ4v) is 3.18. The van der Waals surface area contributed by atoms with E-state index in [1.807, 2.05) is 0 Å². The minimum atomic E-state index is -0.118. The van der Waals surface area contributed by atoms with Gasteiger partial charge >= 0.3 is 0 Å². The average molecular weight is 270 g/mol. The van der Waals surface area contributed by atoms with Gasteiger partial charge in [0.05, 0.1) is 11.5 Å². The number of aryl methyl sites for hydroxylation is 1. The Morgan fingerprint density at radius 1 is 1.40 bits per heavy atom. The lowest BCUT2D eigenvalue weighted by Gasteiger charge is -2.35. The number of rotatable bonds is 2. The Morgan fingerprint density at radius 2 is 2.15 bits per heavy atom. The Morgan fingerprint density at radius 3 is 2.85 bits per heavy atom. The standard InChI is InChI=1S/C17H22N2O/c1-13-3-4-16-14(9-13)10-15(20-16)11-19-7-5-17(2,12-18)6-8-19/h3-4,9,15H,5-8,10-11H2,1-2H3. The highest BCUT2D eigenvalue weighted by atomic mass is 16.5. The first-order chi connectivity index (χ1) is 9.58. The van der Waals surface area contributed by atoms with Gasteiger partial charge < -0.3 is 4.74 Å². The van der Waals surface area contributed by atoms with E-state index in [4.69, 9.17) is 4.74 Å². The van der Waals surface area contributed by atoms with Gasteiger partial charge in [-0.15, -0.1) is 0 Å². The summed E-state index contributed by atoms with van der Waals surface area (Å²) in [6.45, 7) is 7.21. The Kier molecular flexibility index (Phi) is 3.43. The highest BCUT2D eigenvalue weighted by Gasteiger charge is 2.32. The molecule has 1 unspecified atom stereocenters. The maximum atomic E-state index is 9.17.